The standard InChI is InChI=1S/C14H19N3O3/c1-9(15)7-11-5-4-6-12(18-3)14(11)19-8-13-16-10(2)17-20-13/h4-6,9H,7-8,15H2,1-3H3. The molecule has 0 saturated heterocycles. The molecule has 0 bridgehead atoms. The molecule has 1 aromatic heterocycles. The fourth-order valence-corrected chi connectivity index (χ4v) is 1.93. The molecular formula is C14H19N3O3. The van der Waals surface area contributed by atoms with Gasteiger partial charge in [0, 0.05) is 6.04 Å². The molecule has 0 amide bonds. The van der Waals surface area contributed by atoms with E-state index in [2.05, 4.69) is 10.1 Å². The topological polar surface area (TPSA) is 83.4 Å². The van der Waals surface area contributed by atoms with Crippen LogP contribution in [0.5, 0.6) is 11.5 Å². The fourth-order valence-electron chi connectivity index (χ4n) is 1.93. The number of aryl methyl sites for hydroxylation is 1. The third-order valence-corrected chi connectivity index (χ3v) is 2.73. The van der Waals surface area contributed by atoms with E-state index in [4.69, 9.17) is 19.7 Å². The molecule has 20 heavy (non-hydrogen) atoms. The van der Waals surface area contributed by atoms with Gasteiger partial charge in [-0.25, -0.2) is 0 Å². The van der Waals surface area contributed by atoms with E-state index in [-0.39, 0.29) is 12.6 Å². The lowest BCUT2D eigenvalue weighted by Crippen LogP contribution is -2.18. The van der Waals surface area contributed by atoms with Crippen molar-refractivity contribution in [1.29, 1.82) is 0 Å². The molecule has 1 unspecified atom stereocenters. The maximum atomic E-state index is 5.86. The van der Waals surface area contributed by atoms with Crippen LogP contribution in [0.1, 0.15) is 24.2 Å². The highest BCUT2D eigenvalue weighted by Gasteiger charge is 2.13. The molecular weight excluding hydrogens is 258 g/mol. The molecule has 1 aromatic carbocycles. The lowest BCUT2D eigenvalue weighted by atomic mass is 10.1. The van der Waals surface area contributed by atoms with E-state index >= 15 is 0 Å². The molecule has 108 valence electrons. The number of hydrogen-bond donors (Lipinski definition) is 1. The number of nitrogens with two attached hydrogens (primary N) is 1. The van der Waals surface area contributed by atoms with Crippen LogP contribution in [0.3, 0.4) is 0 Å². The number of methoxy groups -OCH3 is 1. The zero-order chi connectivity index (χ0) is 14.5. The van der Waals surface area contributed by atoms with Crippen molar-refractivity contribution in [3.63, 3.8) is 0 Å². The summed E-state index contributed by atoms with van der Waals surface area (Å²) in [6.45, 7) is 3.91. The van der Waals surface area contributed by atoms with Crippen molar-refractivity contribution >= 4 is 0 Å². The van der Waals surface area contributed by atoms with E-state index in [1.807, 2.05) is 25.1 Å². The number of benzene rings is 1. The summed E-state index contributed by atoms with van der Waals surface area (Å²) in [6.07, 6.45) is 0.704. The van der Waals surface area contributed by atoms with E-state index < -0.39 is 0 Å². The molecule has 2 N–H and O–H groups in total. The minimum Gasteiger partial charge on any atom is -0.493 e. The Labute approximate surface area is 117 Å². The van der Waals surface area contributed by atoms with Gasteiger partial charge in [-0.05, 0) is 31.9 Å². The average molecular weight is 277 g/mol. The van der Waals surface area contributed by atoms with E-state index in [0.29, 0.717) is 29.6 Å². The predicted octanol–water partition coefficient (Wildman–Crippen LogP) is 1.86. The van der Waals surface area contributed by atoms with Gasteiger partial charge in [0.05, 0.1) is 7.11 Å². The number of para-hydroxylation sites is 1. The molecule has 0 aliphatic carbocycles. The number of aromatic nitrogens is 2. The van der Waals surface area contributed by atoms with Crippen LogP contribution in [0.25, 0.3) is 0 Å². The van der Waals surface area contributed by atoms with Crippen LogP contribution in [0.15, 0.2) is 22.7 Å². The maximum absolute atomic E-state index is 5.86. The SMILES string of the molecule is COc1cccc(CC(C)N)c1OCc1nc(C)no1. The molecule has 0 saturated carbocycles. The normalized spacial score (nSPS) is 12.2. The molecule has 0 aliphatic heterocycles. The Bertz CT molecular complexity index is 567. The number of hydrogen-bond acceptors (Lipinski definition) is 6. The minimum absolute atomic E-state index is 0.0371. The summed E-state index contributed by atoms with van der Waals surface area (Å²) in [7, 11) is 1.61. The lowest BCUT2D eigenvalue weighted by molar-refractivity contribution is 0.231. The van der Waals surface area contributed by atoms with Crippen LogP contribution in [-0.4, -0.2) is 23.3 Å². The van der Waals surface area contributed by atoms with Gasteiger partial charge in [-0.3, -0.25) is 0 Å². The smallest absolute Gasteiger partial charge is 0.264 e. The monoisotopic (exact) mass is 277 g/mol. The summed E-state index contributed by atoms with van der Waals surface area (Å²) in [6, 6.07) is 5.77. The molecule has 0 fully saturated rings. The zero-order valence-electron chi connectivity index (χ0n) is 11.9. The molecule has 1 atom stereocenters. The first-order valence-corrected chi connectivity index (χ1v) is 6.43. The molecule has 6 nitrogen and oxygen atoms in total. The molecule has 6 heteroatoms. The van der Waals surface area contributed by atoms with Crippen molar-refractivity contribution in [2.24, 2.45) is 5.73 Å². The Morgan fingerprint density at radius 2 is 2.20 bits per heavy atom. The number of nitrogens with zero attached hydrogens (tertiary/aromatic N) is 2. The molecule has 0 radical (unpaired) electrons. The average Bonchev–Trinajstić information content (AvgIpc) is 2.82. The van der Waals surface area contributed by atoms with Crippen molar-refractivity contribution in [2.45, 2.75) is 32.9 Å². The summed E-state index contributed by atoms with van der Waals surface area (Å²) >= 11 is 0. The van der Waals surface area contributed by atoms with E-state index in [0.717, 1.165) is 5.56 Å². The van der Waals surface area contributed by atoms with Crippen molar-refractivity contribution < 1.29 is 14.0 Å². The van der Waals surface area contributed by atoms with Gasteiger partial charge >= 0.3 is 0 Å². The Balaban J connectivity index is 2.19. The third-order valence-electron chi connectivity index (χ3n) is 2.73. The molecule has 2 aromatic rings. The van der Waals surface area contributed by atoms with Gasteiger partial charge in [0.1, 0.15) is 0 Å². The first-order chi connectivity index (χ1) is 9.60. The highest BCUT2D eigenvalue weighted by Crippen LogP contribution is 2.32. The maximum Gasteiger partial charge on any atom is 0.264 e. The summed E-state index contributed by atoms with van der Waals surface area (Å²) in [4.78, 5) is 4.10. The van der Waals surface area contributed by atoms with Gasteiger partial charge in [-0.15, -0.1) is 0 Å². The van der Waals surface area contributed by atoms with E-state index in [1.54, 1.807) is 14.0 Å². The van der Waals surface area contributed by atoms with Crippen LogP contribution >= 0.6 is 0 Å². The van der Waals surface area contributed by atoms with Crippen LogP contribution in [0.4, 0.5) is 0 Å². The van der Waals surface area contributed by atoms with E-state index in [9.17, 15) is 0 Å². The second kappa shape index (κ2) is 6.38. The van der Waals surface area contributed by atoms with Crippen molar-refractivity contribution in [1.82, 2.24) is 10.1 Å². The summed E-state index contributed by atoms with van der Waals surface area (Å²) in [5.74, 6) is 2.35. The van der Waals surface area contributed by atoms with Gasteiger partial charge in [-0.2, -0.15) is 4.98 Å². The lowest BCUT2D eigenvalue weighted by Gasteiger charge is -2.15. The molecule has 2 rings (SSSR count). The first-order valence-electron chi connectivity index (χ1n) is 6.43. The van der Waals surface area contributed by atoms with Gasteiger partial charge in [-0.1, -0.05) is 17.3 Å². The predicted molar refractivity (Wildman–Crippen MR) is 73.7 cm³/mol. The third kappa shape index (κ3) is 3.48. The van der Waals surface area contributed by atoms with Crippen LogP contribution in [-0.2, 0) is 13.0 Å². The second-order valence-electron chi connectivity index (χ2n) is 4.65. The zero-order valence-corrected chi connectivity index (χ0v) is 11.9. The van der Waals surface area contributed by atoms with Gasteiger partial charge < -0.3 is 19.7 Å². The summed E-state index contributed by atoms with van der Waals surface area (Å²) in [5, 5.41) is 3.72. The van der Waals surface area contributed by atoms with Gasteiger partial charge in [0.2, 0.25) is 0 Å². The van der Waals surface area contributed by atoms with Crippen molar-refractivity contribution in [2.75, 3.05) is 7.11 Å². The second-order valence-corrected chi connectivity index (χ2v) is 4.65. The van der Waals surface area contributed by atoms with Gasteiger partial charge in [0.25, 0.3) is 5.89 Å². The molecule has 1 heterocycles. The Kier molecular flexibility index (Phi) is 4.57. The Morgan fingerprint density at radius 3 is 2.80 bits per heavy atom. The number of rotatable bonds is 6. The van der Waals surface area contributed by atoms with Gasteiger partial charge in [0.15, 0.2) is 23.9 Å². The Morgan fingerprint density at radius 1 is 1.40 bits per heavy atom. The van der Waals surface area contributed by atoms with E-state index in [1.165, 1.54) is 0 Å². The molecule has 0 aliphatic rings. The van der Waals surface area contributed by atoms with Crippen molar-refractivity contribution in [3.05, 3.63) is 35.5 Å². The summed E-state index contributed by atoms with van der Waals surface area (Å²) in [5.41, 5.74) is 6.85. The first kappa shape index (κ1) is 14.3. The van der Waals surface area contributed by atoms with Crippen LogP contribution in [0.2, 0.25) is 0 Å². The molecule has 0 spiro atoms. The number of ether oxygens (including phenoxy) is 2. The largest absolute Gasteiger partial charge is 0.493 e. The van der Waals surface area contributed by atoms with Crippen molar-refractivity contribution in [3.8, 4) is 11.5 Å². The minimum atomic E-state index is 0.0371. The highest BCUT2D eigenvalue weighted by molar-refractivity contribution is 5.47. The fraction of sp³-hybridized carbons (Fsp3) is 0.429. The summed E-state index contributed by atoms with van der Waals surface area (Å²) < 4.78 is 16.1. The van der Waals surface area contributed by atoms with Crippen LogP contribution < -0.4 is 15.2 Å². The highest BCUT2D eigenvalue weighted by atomic mass is 16.5. The quantitative estimate of drug-likeness (QED) is 0.867. The Hall–Kier alpha value is -2.08. The van der Waals surface area contributed by atoms with Crippen LogP contribution in [0, 0.1) is 6.92 Å².